The lowest BCUT2D eigenvalue weighted by atomic mass is 9.89. The number of nitrogens with zero attached hydrogens (tertiary/aromatic N) is 2. The van der Waals surface area contributed by atoms with E-state index in [0.717, 1.165) is 54.4 Å². The SMILES string of the molecule is C=CCCN(C(=O)c1cc(C)ccc1CC(=O)CCc1ccccc1C(=O)N(CCO[Si](c1ccccc1)(c1ccccc1)C(C)(C)C)C1(CC)CCCC1)C(C)(C)c1ccccc1. The molecule has 2 amide bonds. The molecule has 336 valence electrons. The molecule has 1 saturated carbocycles. The summed E-state index contributed by atoms with van der Waals surface area (Å²) in [4.78, 5) is 47.8. The Morgan fingerprint density at radius 3 is 1.88 bits per heavy atom. The van der Waals surface area contributed by atoms with Crippen molar-refractivity contribution in [3.8, 4) is 0 Å². The summed E-state index contributed by atoms with van der Waals surface area (Å²) in [6, 6.07) is 45.1. The molecule has 0 saturated heterocycles. The van der Waals surface area contributed by atoms with Gasteiger partial charge in [0.05, 0.1) is 12.1 Å². The molecule has 1 fully saturated rings. The van der Waals surface area contributed by atoms with Gasteiger partial charge in [0.25, 0.3) is 20.1 Å². The van der Waals surface area contributed by atoms with E-state index < -0.39 is 13.9 Å². The van der Waals surface area contributed by atoms with Crippen molar-refractivity contribution < 1.29 is 18.8 Å². The van der Waals surface area contributed by atoms with Gasteiger partial charge < -0.3 is 14.2 Å². The number of hydrogen-bond donors (Lipinski definition) is 0. The Balaban J connectivity index is 1.24. The summed E-state index contributed by atoms with van der Waals surface area (Å²) in [6.07, 6.45) is 8.24. The van der Waals surface area contributed by atoms with E-state index in [4.69, 9.17) is 4.43 Å². The van der Waals surface area contributed by atoms with E-state index in [2.05, 4.69) is 126 Å². The average molecular weight is 875 g/mol. The molecule has 7 heteroatoms. The van der Waals surface area contributed by atoms with Crippen molar-refractivity contribution in [3.05, 3.63) is 179 Å². The van der Waals surface area contributed by atoms with Crippen LogP contribution in [0, 0.1) is 6.92 Å². The number of aryl methyl sites for hydroxylation is 2. The van der Waals surface area contributed by atoms with Gasteiger partial charge in [0, 0.05) is 42.6 Å². The van der Waals surface area contributed by atoms with Gasteiger partial charge in [-0.3, -0.25) is 14.4 Å². The fourth-order valence-electron chi connectivity index (χ4n) is 10.2. The molecule has 0 unspecified atom stereocenters. The topological polar surface area (TPSA) is 66.9 Å². The number of ketones is 1. The zero-order valence-electron chi connectivity index (χ0n) is 39.5. The highest BCUT2D eigenvalue weighted by Crippen LogP contribution is 2.41. The number of rotatable bonds is 20. The molecule has 5 aromatic carbocycles. The van der Waals surface area contributed by atoms with Crippen molar-refractivity contribution in [2.24, 2.45) is 0 Å². The van der Waals surface area contributed by atoms with Crippen LogP contribution in [0.1, 0.15) is 129 Å². The lowest BCUT2D eigenvalue weighted by molar-refractivity contribution is -0.118. The molecule has 1 aliphatic carbocycles. The molecule has 64 heavy (non-hydrogen) atoms. The van der Waals surface area contributed by atoms with Crippen LogP contribution in [-0.4, -0.2) is 61.0 Å². The monoisotopic (exact) mass is 875 g/mol. The molecule has 0 atom stereocenters. The largest absolute Gasteiger partial charge is 0.406 e. The maximum atomic E-state index is 15.2. The molecule has 0 heterocycles. The first-order valence-electron chi connectivity index (χ1n) is 23.4. The third-order valence-corrected chi connectivity index (χ3v) is 18.9. The van der Waals surface area contributed by atoms with Gasteiger partial charge in [-0.05, 0) is 97.1 Å². The minimum absolute atomic E-state index is 0.00455. The predicted molar refractivity (Wildman–Crippen MR) is 266 cm³/mol. The van der Waals surface area contributed by atoms with Crippen LogP contribution in [0.2, 0.25) is 5.04 Å². The zero-order chi connectivity index (χ0) is 46.0. The van der Waals surface area contributed by atoms with Crippen LogP contribution in [0.3, 0.4) is 0 Å². The van der Waals surface area contributed by atoms with E-state index in [1.54, 1.807) is 0 Å². The highest BCUT2D eigenvalue weighted by molar-refractivity contribution is 6.99. The molecular formula is C57H70N2O4Si. The standard InChI is InChI=1S/C57H70N2O4Si/c1-9-11-39-58(56(7,8)47-26-15-12-16-27-47)54(62)52-42-44(3)33-34-46(52)43-48(60)36-35-45-25-21-22-32-51(45)53(61)59(57(10-2)37-23-24-38-57)40-41-63-64(55(4,5)6,49-28-17-13-18-29-49)50-30-19-14-20-31-50/h9,12-22,25-34,42H,1,10-11,23-24,35-41,43H2,2-8H3. The quantitative estimate of drug-likeness (QED) is 0.0577. The molecule has 6 nitrogen and oxygen atoms in total. The van der Waals surface area contributed by atoms with Crippen molar-refractivity contribution in [2.45, 2.75) is 122 Å². The van der Waals surface area contributed by atoms with Gasteiger partial charge in [-0.15, -0.1) is 6.58 Å². The molecule has 6 rings (SSSR count). The maximum Gasteiger partial charge on any atom is 0.261 e. The van der Waals surface area contributed by atoms with Gasteiger partial charge in [0.15, 0.2) is 0 Å². The molecule has 0 radical (unpaired) electrons. The fraction of sp³-hybridized carbons (Fsp3) is 0.386. The van der Waals surface area contributed by atoms with Crippen LogP contribution in [-0.2, 0) is 27.6 Å². The lowest BCUT2D eigenvalue weighted by Crippen LogP contribution is -2.67. The van der Waals surface area contributed by atoms with Crippen molar-refractivity contribution in [3.63, 3.8) is 0 Å². The Morgan fingerprint density at radius 1 is 0.719 bits per heavy atom. The van der Waals surface area contributed by atoms with Gasteiger partial charge in [-0.25, -0.2) is 0 Å². The number of carbonyl (C=O) groups excluding carboxylic acids is 3. The number of hydrogen-bond acceptors (Lipinski definition) is 4. The van der Waals surface area contributed by atoms with E-state index in [1.807, 2.05) is 78.6 Å². The van der Waals surface area contributed by atoms with Crippen LogP contribution >= 0.6 is 0 Å². The zero-order valence-corrected chi connectivity index (χ0v) is 40.5. The minimum Gasteiger partial charge on any atom is -0.406 e. The summed E-state index contributed by atoms with van der Waals surface area (Å²) in [5.41, 5.74) is 3.91. The average Bonchev–Trinajstić information content (AvgIpc) is 3.79. The van der Waals surface area contributed by atoms with E-state index in [1.165, 1.54) is 10.4 Å². The van der Waals surface area contributed by atoms with E-state index >= 15 is 4.79 Å². The van der Waals surface area contributed by atoms with Crippen LogP contribution in [0.5, 0.6) is 0 Å². The number of Topliss-reactive ketones (excluding diaryl/α,β-unsaturated/α-hetero) is 1. The molecule has 0 bridgehead atoms. The summed E-state index contributed by atoms with van der Waals surface area (Å²) < 4.78 is 7.38. The summed E-state index contributed by atoms with van der Waals surface area (Å²) in [6.45, 7) is 20.5. The fourth-order valence-corrected chi connectivity index (χ4v) is 14.7. The highest BCUT2D eigenvalue weighted by atomic mass is 28.4. The van der Waals surface area contributed by atoms with Crippen molar-refractivity contribution >= 4 is 36.3 Å². The Bertz CT molecular complexity index is 2310. The van der Waals surface area contributed by atoms with Crippen molar-refractivity contribution in [1.82, 2.24) is 9.80 Å². The van der Waals surface area contributed by atoms with Gasteiger partial charge in [0.1, 0.15) is 5.78 Å². The highest BCUT2D eigenvalue weighted by Gasteiger charge is 2.50. The number of amides is 2. The minimum atomic E-state index is -2.83. The van der Waals surface area contributed by atoms with Crippen LogP contribution in [0.15, 0.2) is 146 Å². The van der Waals surface area contributed by atoms with Crippen molar-refractivity contribution in [1.29, 1.82) is 0 Å². The van der Waals surface area contributed by atoms with Crippen LogP contribution in [0.4, 0.5) is 0 Å². The second-order valence-electron chi connectivity index (χ2n) is 19.2. The molecule has 0 aliphatic heterocycles. The number of carbonyl (C=O) groups is 3. The van der Waals surface area contributed by atoms with Crippen molar-refractivity contribution in [2.75, 3.05) is 19.7 Å². The molecule has 0 N–H and O–H groups in total. The molecular weight excluding hydrogens is 805 g/mol. The Hall–Kier alpha value is -5.37. The molecule has 0 aromatic heterocycles. The van der Waals surface area contributed by atoms with E-state index in [0.29, 0.717) is 43.7 Å². The van der Waals surface area contributed by atoms with Gasteiger partial charge >= 0.3 is 0 Å². The second kappa shape index (κ2) is 21.1. The summed E-state index contributed by atoms with van der Waals surface area (Å²) in [7, 11) is -2.83. The number of benzene rings is 5. The van der Waals surface area contributed by atoms with Gasteiger partial charge in [-0.1, -0.05) is 174 Å². The molecule has 1 aliphatic rings. The summed E-state index contributed by atoms with van der Waals surface area (Å²) in [5.74, 6) is -0.0738. The molecule has 0 spiro atoms. The summed E-state index contributed by atoms with van der Waals surface area (Å²) in [5, 5.41) is 2.25. The maximum absolute atomic E-state index is 15.2. The predicted octanol–water partition coefficient (Wildman–Crippen LogP) is 11.4. The van der Waals surface area contributed by atoms with Crippen LogP contribution < -0.4 is 10.4 Å². The molecule has 5 aromatic rings. The first-order chi connectivity index (χ1) is 30.7. The Labute approximate surface area is 384 Å². The Kier molecular flexibility index (Phi) is 15.8. The third kappa shape index (κ3) is 10.4. The van der Waals surface area contributed by atoms with Gasteiger partial charge in [-0.2, -0.15) is 0 Å². The van der Waals surface area contributed by atoms with Gasteiger partial charge in [0.2, 0.25) is 0 Å². The summed E-state index contributed by atoms with van der Waals surface area (Å²) >= 11 is 0. The van der Waals surface area contributed by atoms with E-state index in [9.17, 15) is 9.59 Å². The first-order valence-corrected chi connectivity index (χ1v) is 25.3. The Morgan fingerprint density at radius 2 is 1.30 bits per heavy atom. The smallest absolute Gasteiger partial charge is 0.261 e. The second-order valence-corrected chi connectivity index (χ2v) is 23.6. The third-order valence-electron chi connectivity index (χ3n) is 13.8. The first kappa shape index (κ1) is 48.1. The lowest BCUT2D eigenvalue weighted by Gasteiger charge is -2.45. The van der Waals surface area contributed by atoms with E-state index in [-0.39, 0.29) is 41.0 Å². The van der Waals surface area contributed by atoms with Crippen LogP contribution in [0.25, 0.3) is 0 Å². The normalized spacial score (nSPS) is 13.9.